The van der Waals surface area contributed by atoms with Crippen LogP contribution in [0.1, 0.15) is 23.6 Å². The maximum absolute atomic E-state index is 14.2. The van der Waals surface area contributed by atoms with Crippen LogP contribution in [0.25, 0.3) is 0 Å². The quantitative estimate of drug-likeness (QED) is 0.320. The van der Waals surface area contributed by atoms with Gasteiger partial charge in [0.05, 0.1) is 23.5 Å². The third-order valence-electron chi connectivity index (χ3n) is 6.38. The lowest BCUT2D eigenvalue weighted by molar-refractivity contribution is -0.127. The summed E-state index contributed by atoms with van der Waals surface area (Å²) in [5, 5.41) is 3.45. The second kappa shape index (κ2) is 12.5. The normalized spacial score (nSPS) is 14.1. The number of hydrogen-bond donors (Lipinski definition) is 2. The summed E-state index contributed by atoms with van der Waals surface area (Å²) in [5.74, 6) is -4.01. The average Bonchev–Trinajstić information content (AvgIpc) is 2.83. The highest BCUT2D eigenvalue weighted by molar-refractivity contribution is 7.92. The van der Waals surface area contributed by atoms with Crippen molar-refractivity contribution in [3.63, 3.8) is 0 Å². The monoisotopic (exact) mass is 610 g/mol. The molecule has 0 spiro atoms. The van der Waals surface area contributed by atoms with Crippen molar-refractivity contribution >= 4 is 50.7 Å². The first kappa shape index (κ1) is 29.7. The molecule has 40 heavy (non-hydrogen) atoms. The predicted octanol–water partition coefficient (Wildman–Crippen LogP) is 3.87. The van der Waals surface area contributed by atoms with Crippen LogP contribution in [-0.4, -0.2) is 56.6 Å². The number of primary amides is 1. The summed E-state index contributed by atoms with van der Waals surface area (Å²) in [6, 6.07) is 16.2. The number of likely N-dealkylation sites (tertiary alicyclic amines) is 1. The Morgan fingerprint density at radius 1 is 0.950 bits per heavy atom. The summed E-state index contributed by atoms with van der Waals surface area (Å²) in [4.78, 5) is 24.7. The lowest BCUT2D eigenvalue weighted by Gasteiger charge is -2.49. The standard InChI is InChI=1S/C27H26Cl2F2N4O4S/c28-19-5-1-17(2-6-19)27(18-3-7-20(29)8-4-18)34-15-24(16-34)35(23-12-21(30)11-22(31)13-23)40(38,39)10-9-33-26(37)14-25(32)36/h1-8,11-13,24,27H,9-10,14-16H2,(H2,32,36)(H,33,37). The first-order valence-electron chi connectivity index (χ1n) is 12.2. The largest absolute Gasteiger partial charge is 0.369 e. The molecular weight excluding hydrogens is 585 g/mol. The molecule has 0 aromatic heterocycles. The number of carbonyl (C=O) groups is 2. The van der Waals surface area contributed by atoms with E-state index < -0.39 is 51.7 Å². The van der Waals surface area contributed by atoms with Gasteiger partial charge in [0.25, 0.3) is 0 Å². The average molecular weight is 611 g/mol. The zero-order valence-corrected chi connectivity index (χ0v) is 23.4. The van der Waals surface area contributed by atoms with Crippen LogP contribution in [0.4, 0.5) is 14.5 Å². The van der Waals surface area contributed by atoms with E-state index in [2.05, 4.69) is 5.32 Å². The summed E-state index contributed by atoms with van der Waals surface area (Å²) in [7, 11) is -4.18. The molecule has 0 saturated carbocycles. The molecule has 4 rings (SSSR count). The van der Waals surface area contributed by atoms with Crippen molar-refractivity contribution in [1.29, 1.82) is 0 Å². The van der Waals surface area contributed by atoms with E-state index in [0.29, 0.717) is 16.1 Å². The Morgan fingerprint density at radius 3 is 1.93 bits per heavy atom. The summed E-state index contributed by atoms with van der Waals surface area (Å²) in [6.45, 7) is 0.153. The van der Waals surface area contributed by atoms with E-state index >= 15 is 0 Å². The number of nitrogens with two attached hydrogens (primary N) is 1. The molecule has 3 N–H and O–H groups in total. The minimum atomic E-state index is -4.18. The van der Waals surface area contributed by atoms with Crippen LogP contribution >= 0.6 is 23.2 Å². The van der Waals surface area contributed by atoms with Crippen molar-refractivity contribution in [2.45, 2.75) is 18.5 Å². The highest BCUT2D eigenvalue weighted by atomic mass is 35.5. The fraction of sp³-hybridized carbons (Fsp3) is 0.259. The molecular formula is C27H26Cl2F2N4O4S. The number of hydrogen-bond acceptors (Lipinski definition) is 5. The molecule has 3 aromatic carbocycles. The van der Waals surface area contributed by atoms with Gasteiger partial charge in [-0.3, -0.25) is 18.8 Å². The maximum atomic E-state index is 14.2. The van der Waals surface area contributed by atoms with Gasteiger partial charge in [-0.2, -0.15) is 0 Å². The van der Waals surface area contributed by atoms with Gasteiger partial charge in [-0.05, 0) is 47.5 Å². The molecule has 212 valence electrons. The molecule has 0 bridgehead atoms. The Kier molecular flexibility index (Phi) is 9.29. The van der Waals surface area contributed by atoms with Gasteiger partial charge < -0.3 is 11.1 Å². The molecule has 1 heterocycles. The number of nitrogens with one attached hydrogen (secondary N) is 1. The van der Waals surface area contributed by atoms with Gasteiger partial charge in [0.1, 0.15) is 18.1 Å². The van der Waals surface area contributed by atoms with Crippen molar-refractivity contribution in [3.8, 4) is 0 Å². The van der Waals surface area contributed by atoms with E-state index in [1.165, 1.54) is 0 Å². The van der Waals surface area contributed by atoms with Gasteiger partial charge >= 0.3 is 0 Å². The number of amides is 2. The van der Waals surface area contributed by atoms with Crippen LogP contribution in [0.3, 0.4) is 0 Å². The van der Waals surface area contributed by atoms with Gasteiger partial charge in [-0.15, -0.1) is 0 Å². The van der Waals surface area contributed by atoms with Crippen molar-refractivity contribution in [1.82, 2.24) is 10.2 Å². The minimum absolute atomic E-state index is 0.167. The zero-order chi connectivity index (χ0) is 29.0. The van der Waals surface area contributed by atoms with Gasteiger partial charge in [0, 0.05) is 35.7 Å². The van der Waals surface area contributed by atoms with Crippen molar-refractivity contribution in [2.24, 2.45) is 5.73 Å². The van der Waals surface area contributed by atoms with Gasteiger partial charge in [-0.25, -0.2) is 17.2 Å². The second-order valence-corrected chi connectivity index (χ2v) is 12.2. The van der Waals surface area contributed by atoms with Crippen molar-refractivity contribution < 1.29 is 26.8 Å². The fourth-order valence-electron chi connectivity index (χ4n) is 4.65. The van der Waals surface area contributed by atoms with E-state index in [0.717, 1.165) is 27.6 Å². The summed E-state index contributed by atoms with van der Waals surface area (Å²) in [6.07, 6.45) is -0.590. The molecule has 1 saturated heterocycles. The molecule has 0 unspecified atom stereocenters. The van der Waals surface area contributed by atoms with Gasteiger partial charge in [0.2, 0.25) is 21.8 Å². The lowest BCUT2D eigenvalue weighted by atomic mass is 9.93. The summed E-state index contributed by atoms with van der Waals surface area (Å²) in [5.41, 5.74) is 6.64. The topological polar surface area (TPSA) is 113 Å². The van der Waals surface area contributed by atoms with Crippen LogP contribution in [0.5, 0.6) is 0 Å². The van der Waals surface area contributed by atoms with Gasteiger partial charge in [-0.1, -0.05) is 47.5 Å². The highest BCUT2D eigenvalue weighted by Crippen LogP contribution is 2.37. The number of sulfonamides is 1. The molecule has 1 aliphatic heterocycles. The van der Waals surface area contributed by atoms with Crippen molar-refractivity contribution in [2.75, 3.05) is 29.7 Å². The zero-order valence-electron chi connectivity index (χ0n) is 21.1. The van der Waals surface area contributed by atoms with E-state index in [9.17, 15) is 26.8 Å². The number of rotatable bonds is 11. The van der Waals surface area contributed by atoms with E-state index in [1.54, 1.807) is 24.3 Å². The smallest absolute Gasteiger partial charge is 0.237 e. The first-order chi connectivity index (χ1) is 18.9. The molecule has 13 heteroatoms. The third kappa shape index (κ3) is 7.28. The summed E-state index contributed by atoms with van der Waals surface area (Å²) >= 11 is 12.2. The Balaban J connectivity index is 1.60. The molecule has 0 aliphatic carbocycles. The Morgan fingerprint density at radius 2 is 1.45 bits per heavy atom. The Labute approximate surface area is 240 Å². The van der Waals surface area contributed by atoms with Crippen LogP contribution in [0.15, 0.2) is 66.7 Å². The number of carbonyl (C=O) groups excluding carboxylic acids is 2. The predicted molar refractivity (Wildman–Crippen MR) is 150 cm³/mol. The number of halogens is 4. The molecule has 8 nitrogen and oxygen atoms in total. The van der Waals surface area contributed by atoms with E-state index in [4.69, 9.17) is 28.9 Å². The Hall–Kier alpha value is -3.25. The number of benzene rings is 3. The minimum Gasteiger partial charge on any atom is -0.369 e. The second-order valence-electron chi connectivity index (χ2n) is 9.35. The SMILES string of the molecule is NC(=O)CC(=O)NCCS(=O)(=O)N(c1cc(F)cc(F)c1)C1CN(C(c2ccc(Cl)cc2)c2ccc(Cl)cc2)C1. The molecule has 3 aromatic rings. The van der Waals surface area contributed by atoms with Crippen LogP contribution in [0, 0.1) is 11.6 Å². The van der Waals surface area contributed by atoms with Gasteiger partial charge in [0.15, 0.2) is 0 Å². The molecule has 2 amide bonds. The van der Waals surface area contributed by atoms with Crippen LogP contribution < -0.4 is 15.4 Å². The molecule has 0 atom stereocenters. The summed E-state index contributed by atoms with van der Waals surface area (Å²) < 4.78 is 56.3. The number of nitrogens with zero attached hydrogens (tertiary/aromatic N) is 2. The third-order valence-corrected chi connectivity index (χ3v) is 8.71. The van der Waals surface area contributed by atoms with E-state index in [1.807, 2.05) is 29.2 Å². The molecule has 1 aliphatic rings. The highest BCUT2D eigenvalue weighted by Gasteiger charge is 2.42. The maximum Gasteiger partial charge on any atom is 0.237 e. The Bertz CT molecular complexity index is 1420. The van der Waals surface area contributed by atoms with Crippen LogP contribution in [0.2, 0.25) is 10.0 Å². The molecule has 0 radical (unpaired) electrons. The van der Waals surface area contributed by atoms with E-state index in [-0.39, 0.29) is 31.4 Å². The van der Waals surface area contributed by atoms with Crippen molar-refractivity contribution in [3.05, 3.63) is 99.5 Å². The van der Waals surface area contributed by atoms with Crippen LogP contribution in [-0.2, 0) is 19.6 Å². The lowest BCUT2D eigenvalue weighted by Crippen LogP contribution is -2.62. The first-order valence-corrected chi connectivity index (χ1v) is 14.6. The fourth-order valence-corrected chi connectivity index (χ4v) is 6.48. The number of anilines is 1. The molecule has 1 fully saturated rings.